The number of nitrogens with one attached hydrogen (secondary N) is 1. The number of benzene rings is 2. The highest BCUT2D eigenvalue weighted by atomic mass is 16.7. The van der Waals surface area contributed by atoms with Gasteiger partial charge in [-0.15, -0.1) is 0 Å². The zero-order chi connectivity index (χ0) is 44.8. The Bertz CT molecular complexity index is 1960. The van der Waals surface area contributed by atoms with Gasteiger partial charge in [-0.2, -0.15) is 0 Å². The van der Waals surface area contributed by atoms with E-state index in [0.29, 0.717) is 0 Å². The predicted octanol–water partition coefficient (Wildman–Crippen LogP) is -5.11. The average Bonchev–Trinajstić information content (AvgIpc) is 3.24. The van der Waals surface area contributed by atoms with Crippen molar-refractivity contribution in [3.05, 3.63) is 51.6 Å². The number of ether oxygens (including phenoxy) is 5. The Morgan fingerprint density at radius 2 is 1.57 bits per heavy atom. The van der Waals surface area contributed by atoms with E-state index in [0.717, 1.165) is 0 Å². The number of rotatable bonds is 15. The van der Waals surface area contributed by atoms with Crippen LogP contribution < -0.4 is 10.1 Å². The first-order chi connectivity index (χ1) is 28.8. The van der Waals surface area contributed by atoms with Crippen LogP contribution in [0.25, 0.3) is 0 Å². The van der Waals surface area contributed by atoms with Gasteiger partial charge in [0.15, 0.2) is 24.1 Å². The van der Waals surface area contributed by atoms with E-state index >= 15 is 0 Å². The van der Waals surface area contributed by atoms with Crippen LogP contribution in [0, 0.1) is 0 Å². The van der Waals surface area contributed by atoms with Crippen molar-refractivity contribution in [2.45, 2.75) is 118 Å². The number of aliphatic hydroxyl groups excluding tert-OH is 10. The second kappa shape index (κ2) is 18.5. The number of ketones is 3. The molecule has 14 N–H and O–H groups in total. The molecule has 22 heteroatoms. The molecule has 338 valence electrons. The third kappa shape index (κ3) is 8.65. The van der Waals surface area contributed by atoms with Crippen LogP contribution in [-0.2, 0) is 30.2 Å². The summed E-state index contributed by atoms with van der Waals surface area (Å²) in [6, 6.07) is 3.19. The summed E-state index contributed by atoms with van der Waals surface area (Å²) in [6.45, 7) is -1.79. The van der Waals surface area contributed by atoms with Crippen molar-refractivity contribution in [3.8, 4) is 17.2 Å². The number of aliphatic hydroxyl groups is 11. The largest absolute Gasteiger partial charge is 0.507 e. The van der Waals surface area contributed by atoms with Gasteiger partial charge in [-0.05, 0) is 13.0 Å². The molecule has 0 amide bonds. The number of fused-ring (bicyclic) bond motifs is 3. The molecule has 6 rings (SSSR count). The number of Topliss-reactive ketones (excluding diaryl/α,β-unsaturated/α-hetero) is 1. The van der Waals surface area contributed by atoms with Crippen molar-refractivity contribution < 1.29 is 104 Å². The van der Waals surface area contributed by atoms with Crippen LogP contribution in [0.5, 0.6) is 17.2 Å². The number of hydrogen-bond acceptors (Lipinski definition) is 22. The summed E-state index contributed by atoms with van der Waals surface area (Å²) in [5.41, 5.74) is -4.49. The van der Waals surface area contributed by atoms with Crippen LogP contribution in [-0.4, -0.2) is 202 Å². The first-order valence-electron chi connectivity index (χ1n) is 19.4. The molecule has 4 aliphatic rings. The maximum Gasteiger partial charge on any atom is 0.202 e. The predicted molar refractivity (Wildman–Crippen MR) is 199 cm³/mol. The van der Waals surface area contributed by atoms with Crippen molar-refractivity contribution in [2.24, 2.45) is 0 Å². The summed E-state index contributed by atoms with van der Waals surface area (Å²) in [5.74, 6) is -4.43. The third-order valence-corrected chi connectivity index (χ3v) is 11.8. The van der Waals surface area contributed by atoms with E-state index in [-0.39, 0.29) is 34.4 Å². The number of aromatic hydroxyl groups is 2. The van der Waals surface area contributed by atoms with Crippen LogP contribution in [0.2, 0.25) is 0 Å². The van der Waals surface area contributed by atoms with Crippen molar-refractivity contribution in [2.75, 3.05) is 33.5 Å². The third-order valence-electron chi connectivity index (χ3n) is 11.8. The highest BCUT2D eigenvalue weighted by Gasteiger charge is 2.51. The summed E-state index contributed by atoms with van der Waals surface area (Å²) >= 11 is 0. The molecule has 0 bridgehead atoms. The summed E-state index contributed by atoms with van der Waals surface area (Å²) in [5, 5.41) is 140. The van der Waals surface area contributed by atoms with E-state index in [4.69, 9.17) is 23.7 Å². The Morgan fingerprint density at radius 1 is 0.902 bits per heavy atom. The van der Waals surface area contributed by atoms with Gasteiger partial charge in [0.1, 0.15) is 72.2 Å². The minimum Gasteiger partial charge on any atom is -0.507 e. The SMILES string of the molecule is COc1cccc2c1C(=O)c1c(O)c3c(c(O)c1C2=O)C[C@@](O)(C(=O)CO)C[C@@H]3O[C@H]1C[C@H](NC[C@H](O)[C@@H](O)[C@H](O)[C@H](O)CO[C@@H]2O[C@H](CO)[C@H](O)[C@H](O)[C@H]2O)[C@H](O)[C@H](C)O1. The van der Waals surface area contributed by atoms with Crippen LogP contribution in [0.3, 0.4) is 0 Å². The highest BCUT2D eigenvalue weighted by molar-refractivity contribution is 6.31. The first-order valence-corrected chi connectivity index (χ1v) is 19.4. The van der Waals surface area contributed by atoms with E-state index in [1.54, 1.807) is 0 Å². The fraction of sp³-hybridized carbons (Fsp3) is 0.615. The Kier molecular flexibility index (Phi) is 14.2. The summed E-state index contributed by atoms with van der Waals surface area (Å²) in [6.07, 6.45) is -23.0. The molecule has 0 aromatic heterocycles. The maximum atomic E-state index is 13.9. The molecular weight excluding hydrogens is 818 g/mol. The lowest BCUT2D eigenvalue weighted by Gasteiger charge is -2.43. The molecule has 2 fully saturated rings. The van der Waals surface area contributed by atoms with E-state index in [1.807, 2.05) is 0 Å². The number of phenols is 2. The fourth-order valence-electron chi connectivity index (χ4n) is 8.26. The Morgan fingerprint density at radius 3 is 2.23 bits per heavy atom. The smallest absolute Gasteiger partial charge is 0.202 e. The minimum absolute atomic E-state index is 0.0136. The van der Waals surface area contributed by atoms with Gasteiger partial charge in [0.2, 0.25) is 5.78 Å². The van der Waals surface area contributed by atoms with E-state index < -0.39 is 171 Å². The Labute approximate surface area is 346 Å². The normalized spacial score (nSPS) is 33.2. The van der Waals surface area contributed by atoms with Crippen molar-refractivity contribution in [1.82, 2.24) is 5.32 Å². The van der Waals surface area contributed by atoms with Gasteiger partial charge in [-0.25, -0.2) is 0 Å². The Hall–Kier alpha value is -3.79. The Balaban J connectivity index is 1.18. The molecule has 0 spiro atoms. The lowest BCUT2D eigenvalue weighted by Crippen LogP contribution is -2.60. The van der Waals surface area contributed by atoms with Gasteiger partial charge < -0.3 is 95.4 Å². The summed E-state index contributed by atoms with van der Waals surface area (Å²) in [7, 11) is 1.27. The molecule has 22 nitrogen and oxygen atoms in total. The standard InChI is InChI=1S/C39H51NO21/c1-13-28(46)16(40-9-17(43)31(49)32(50)18(44)12-58-38-37(55)36(54)33(51)21(10-41)61-38)6-23(59-13)60-20-8-39(56,22(45)11-42)7-15-25(20)35(53)27-26(30(15)48)29(47)14-4-3-5-19(57-2)24(14)34(27)52/h3-5,13,16-18,20-21,23,28,31-33,36-38,40-44,46,48-51,53-56H,6-12H2,1-2H3/t13-,16-,17-,18+,20-,21+,23-,28+,31+,32+,33-,36-,37+,38+,39-/m0/s1. The highest BCUT2D eigenvalue weighted by Crippen LogP contribution is 2.52. The van der Waals surface area contributed by atoms with Crippen molar-refractivity contribution >= 4 is 17.3 Å². The quantitative estimate of drug-likeness (QED) is 0.0635. The molecule has 2 aromatic rings. The molecule has 2 aliphatic heterocycles. The minimum atomic E-state index is -2.42. The van der Waals surface area contributed by atoms with Gasteiger partial charge >= 0.3 is 0 Å². The molecule has 2 saturated heterocycles. The number of hydrogen-bond donors (Lipinski definition) is 14. The van der Waals surface area contributed by atoms with E-state index in [1.165, 1.54) is 32.2 Å². The molecule has 0 radical (unpaired) electrons. The molecule has 61 heavy (non-hydrogen) atoms. The lowest BCUT2D eigenvalue weighted by molar-refractivity contribution is -0.306. The molecule has 2 heterocycles. The second-order valence-corrected chi connectivity index (χ2v) is 15.7. The van der Waals surface area contributed by atoms with Crippen LogP contribution in [0.15, 0.2) is 18.2 Å². The summed E-state index contributed by atoms with van der Waals surface area (Å²) in [4.78, 5) is 40.7. The zero-order valence-corrected chi connectivity index (χ0v) is 32.8. The van der Waals surface area contributed by atoms with Gasteiger partial charge in [0.25, 0.3) is 0 Å². The van der Waals surface area contributed by atoms with Crippen molar-refractivity contribution in [3.63, 3.8) is 0 Å². The van der Waals surface area contributed by atoms with E-state index in [9.17, 15) is 80.8 Å². The molecule has 2 aliphatic carbocycles. The molecular formula is C39H51NO21. The second-order valence-electron chi connectivity index (χ2n) is 15.7. The molecule has 15 atom stereocenters. The molecule has 2 aromatic carbocycles. The summed E-state index contributed by atoms with van der Waals surface area (Å²) < 4.78 is 27.7. The van der Waals surface area contributed by atoms with Crippen LogP contribution >= 0.6 is 0 Å². The maximum absolute atomic E-state index is 13.9. The van der Waals surface area contributed by atoms with Gasteiger partial charge in [0, 0.05) is 48.5 Å². The monoisotopic (exact) mass is 869 g/mol. The topological polar surface area (TPSA) is 372 Å². The van der Waals surface area contributed by atoms with E-state index in [2.05, 4.69) is 5.32 Å². The van der Waals surface area contributed by atoms with Gasteiger partial charge in [-0.1, -0.05) is 12.1 Å². The lowest BCUT2D eigenvalue weighted by atomic mass is 9.72. The first kappa shape index (κ1) is 46.7. The molecule has 0 saturated carbocycles. The van der Waals surface area contributed by atoms with Crippen molar-refractivity contribution in [1.29, 1.82) is 0 Å². The van der Waals surface area contributed by atoms with Crippen LogP contribution in [0.4, 0.5) is 0 Å². The number of methoxy groups -OCH3 is 1. The van der Waals surface area contributed by atoms with Gasteiger partial charge in [-0.3, -0.25) is 14.4 Å². The fourth-order valence-corrected chi connectivity index (χ4v) is 8.26. The van der Waals surface area contributed by atoms with Crippen LogP contribution in [0.1, 0.15) is 68.8 Å². The number of carbonyl (C=O) groups is 3. The molecule has 0 unspecified atom stereocenters. The zero-order valence-electron chi connectivity index (χ0n) is 32.8. The number of phenolic OH excluding ortho intramolecular Hbond substituents is 2. The average molecular weight is 870 g/mol. The number of carbonyl (C=O) groups excluding carboxylic acids is 3. The van der Waals surface area contributed by atoms with Gasteiger partial charge in [0.05, 0.1) is 61.4 Å².